The van der Waals surface area contributed by atoms with Gasteiger partial charge in [-0.15, -0.1) is 0 Å². The van der Waals surface area contributed by atoms with Gasteiger partial charge in [0.15, 0.2) is 0 Å². The number of hydrogen-bond acceptors (Lipinski definition) is 6. The van der Waals surface area contributed by atoms with E-state index in [1.54, 1.807) is 62.6 Å². The second-order valence-electron chi connectivity index (χ2n) is 9.81. The van der Waals surface area contributed by atoms with Crippen LogP contribution in [0.3, 0.4) is 0 Å². The van der Waals surface area contributed by atoms with Gasteiger partial charge in [0.1, 0.15) is 24.1 Å². The zero-order chi connectivity index (χ0) is 30.7. The molecule has 0 saturated carbocycles. The van der Waals surface area contributed by atoms with Crippen molar-refractivity contribution in [2.45, 2.75) is 58.0 Å². The average molecular weight is 596 g/mol. The molecule has 42 heavy (non-hydrogen) atoms. The second kappa shape index (κ2) is 15.3. The molecule has 0 spiro atoms. The van der Waals surface area contributed by atoms with Crippen molar-refractivity contribution < 1.29 is 27.5 Å². The highest BCUT2D eigenvalue weighted by molar-refractivity contribution is 7.92. The molecule has 2 amide bonds. The molecular formula is C32H41N3O6S. The lowest BCUT2D eigenvalue weighted by Gasteiger charge is -2.33. The van der Waals surface area contributed by atoms with Crippen LogP contribution in [0.2, 0.25) is 0 Å². The summed E-state index contributed by atoms with van der Waals surface area (Å²) in [7, 11) is -2.63. The molecule has 226 valence electrons. The molecule has 1 N–H and O–H groups in total. The van der Waals surface area contributed by atoms with Crippen LogP contribution in [0.15, 0.2) is 77.7 Å². The maximum atomic E-state index is 14.2. The topological polar surface area (TPSA) is 105 Å². The van der Waals surface area contributed by atoms with Crippen LogP contribution in [0.5, 0.6) is 11.5 Å². The summed E-state index contributed by atoms with van der Waals surface area (Å²) >= 11 is 0. The van der Waals surface area contributed by atoms with Crippen LogP contribution in [0.25, 0.3) is 0 Å². The maximum Gasteiger partial charge on any atom is 0.264 e. The maximum absolute atomic E-state index is 14.2. The molecule has 0 fully saturated rings. The number of nitrogens with zero attached hydrogens (tertiary/aromatic N) is 2. The average Bonchev–Trinajstić information content (AvgIpc) is 2.99. The lowest BCUT2D eigenvalue weighted by atomic mass is 10.1. The van der Waals surface area contributed by atoms with Crippen molar-refractivity contribution in [3.05, 3.63) is 83.9 Å². The molecule has 0 radical (unpaired) electrons. The lowest BCUT2D eigenvalue weighted by Crippen LogP contribution is -2.52. The first kappa shape index (κ1) is 32.5. The summed E-state index contributed by atoms with van der Waals surface area (Å²) in [6.07, 6.45) is 1.09. The molecule has 0 aliphatic rings. The standard InChI is InChI=1S/C32H41N3O6S/c1-6-21-33-32(37)28(7-2)34(22-25-15-17-26(40-5)18-16-25)31(36)23-35(29-11-9-10-12-30(29)41-8-3)42(38,39)27-19-13-24(4)14-20-27/h9-20,28H,6-8,21-23H2,1-5H3,(H,33,37)/t28-/m0/s1. The quantitative estimate of drug-likeness (QED) is 0.267. The van der Waals surface area contributed by atoms with E-state index in [1.165, 1.54) is 17.0 Å². The van der Waals surface area contributed by atoms with Gasteiger partial charge in [0.2, 0.25) is 11.8 Å². The highest BCUT2D eigenvalue weighted by atomic mass is 32.2. The Hall–Kier alpha value is -4.05. The Balaban J connectivity index is 2.09. The van der Waals surface area contributed by atoms with E-state index in [9.17, 15) is 18.0 Å². The third kappa shape index (κ3) is 8.03. The van der Waals surface area contributed by atoms with Gasteiger partial charge in [-0.05, 0) is 68.7 Å². The molecule has 3 rings (SSSR count). The predicted octanol–water partition coefficient (Wildman–Crippen LogP) is 4.93. The number of hydrogen-bond donors (Lipinski definition) is 1. The Morgan fingerprint density at radius 2 is 1.60 bits per heavy atom. The lowest BCUT2D eigenvalue weighted by molar-refractivity contribution is -0.140. The van der Waals surface area contributed by atoms with Gasteiger partial charge in [-0.3, -0.25) is 13.9 Å². The molecule has 9 nitrogen and oxygen atoms in total. The van der Waals surface area contributed by atoms with Crippen molar-refractivity contribution in [2.75, 3.05) is 31.1 Å². The summed E-state index contributed by atoms with van der Waals surface area (Å²) in [6.45, 7) is 7.80. The minimum absolute atomic E-state index is 0.0432. The first-order valence-corrected chi connectivity index (χ1v) is 15.6. The monoisotopic (exact) mass is 595 g/mol. The molecule has 0 bridgehead atoms. The van der Waals surface area contributed by atoms with Crippen LogP contribution < -0.4 is 19.1 Å². The van der Waals surface area contributed by atoms with Gasteiger partial charge in [0.05, 0.1) is 24.3 Å². The minimum atomic E-state index is -4.20. The number of aryl methyl sites for hydroxylation is 1. The van der Waals surface area contributed by atoms with Crippen molar-refractivity contribution >= 4 is 27.5 Å². The van der Waals surface area contributed by atoms with Gasteiger partial charge in [-0.25, -0.2) is 8.42 Å². The van der Waals surface area contributed by atoms with Crippen LogP contribution in [0.4, 0.5) is 5.69 Å². The Labute approximate surface area is 249 Å². The number of carbonyl (C=O) groups is 2. The van der Waals surface area contributed by atoms with Crippen molar-refractivity contribution in [3.63, 3.8) is 0 Å². The molecule has 3 aromatic carbocycles. The summed E-state index contributed by atoms with van der Waals surface area (Å²) in [5, 5.41) is 2.89. The Morgan fingerprint density at radius 1 is 0.929 bits per heavy atom. The van der Waals surface area contributed by atoms with Gasteiger partial charge < -0.3 is 19.7 Å². The molecule has 0 saturated heterocycles. The number of benzene rings is 3. The van der Waals surface area contributed by atoms with Crippen LogP contribution in [0.1, 0.15) is 44.7 Å². The van der Waals surface area contributed by atoms with Gasteiger partial charge in [0, 0.05) is 13.1 Å². The zero-order valence-corrected chi connectivity index (χ0v) is 25.8. The number of methoxy groups -OCH3 is 1. The van der Waals surface area contributed by atoms with Crippen LogP contribution in [-0.4, -0.2) is 58.0 Å². The third-order valence-corrected chi connectivity index (χ3v) is 8.54. The van der Waals surface area contributed by atoms with E-state index in [0.717, 1.165) is 21.9 Å². The summed E-state index contributed by atoms with van der Waals surface area (Å²) in [5.41, 5.74) is 1.91. The molecule has 0 unspecified atom stereocenters. The first-order chi connectivity index (χ1) is 20.2. The summed E-state index contributed by atoms with van der Waals surface area (Å²) in [6, 6.07) is 19.6. The predicted molar refractivity (Wildman–Crippen MR) is 164 cm³/mol. The number of sulfonamides is 1. The van der Waals surface area contributed by atoms with Gasteiger partial charge in [-0.1, -0.05) is 55.8 Å². The Bertz CT molecular complexity index is 1430. The smallest absolute Gasteiger partial charge is 0.264 e. The van der Waals surface area contributed by atoms with Crippen molar-refractivity contribution in [2.24, 2.45) is 0 Å². The molecule has 1 atom stereocenters. The summed E-state index contributed by atoms with van der Waals surface area (Å²) < 4.78 is 40.3. The molecule has 3 aromatic rings. The van der Waals surface area contributed by atoms with Gasteiger partial charge in [-0.2, -0.15) is 0 Å². The first-order valence-electron chi connectivity index (χ1n) is 14.2. The number of rotatable bonds is 15. The SMILES string of the molecule is CCCNC(=O)[C@H](CC)N(Cc1ccc(OC)cc1)C(=O)CN(c1ccccc1OCC)S(=O)(=O)c1ccc(C)cc1. The van der Waals surface area contributed by atoms with Crippen LogP contribution in [-0.2, 0) is 26.2 Å². The van der Waals surface area contributed by atoms with Gasteiger partial charge in [0.25, 0.3) is 10.0 Å². The molecular weight excluding hydrogens is 554 g/mol. The zero-order valence-electron chi connectivity index (χ0n) is 25.0. The Kier molecular flexibility index (Phi) is 11.8. The van der Waals surface area contributed by atoms with E-state index in [1.807, 2.05) is 32.9 Å². The van der Waals surface area contributed by atoms with E-state index in [4.69, 9.17) is 9.47 Å². The van der Waals surface area contributed by atoms with Crippen molar-refractivity contribution in [1.82, 2.24) is 10.2 Å². The molecule has 0 aromatic heterocycles. The fourth-order valence-corrected chi connectivity index (χ4v) is 5.93. The van der Waals surface area contributed by atoms with E-state index >= 15 is 0 Å². The molecule has 0 aliphatic carbocycles. The van der Waals surface area contributed by atoms with E-state index in [-0.39, 0.29) is 23.0 Å². The Morgan fingerprint density at radius 3 is 2.19 bits per heavy atom. The van der Waals surface area contributed by atoms with Crippen molar-refractivity contribution in [3.8, 4) is 11.5 Å². The fraction of sp³-hybridized carbons (Fsp3) is 0.375. The third-order valence-electron chi connectivity index (χ3n) is 6.77. The number of para-hydroxylation sites is 2. The van der Waals surface area contributed by atoms with E-state index in [2.05, 4.69) is 5.32 Å². The summed E-state index contributed by atoms with van der Waals surface area (Å²) in [4.78, 5) is 28.9. The minimum Gasteiger partial charge on any atom is -0.497 e. The molecule has 10 heteroatoms. The number of nitrogens with one attached hydrogen (secondary N) is 1. The largest absolute Gasteiger partial charge is 0.497 e. The second-order valence-corrected chi connectivity index (χ2v) is 11.7. The van der Waals surface area contributed by atoms with E-state index < -0.39 is 28.5 Å². The van der Waals surface area contributed by atoms with Crippen molar-refractivity contribution in [1.29, 1.82) is 0 Å². The van der Waals surface area contributed by atoms with Crippen LogP contribution in [0, 0.1) is 6.92 Å². The normalized spacial score (nSPS) is 11.8. The number of anilines is 1. The van der Waals surface area contributed by atoms with E-state index in [0.29, 0.717) is 31.1 Å². The molecule has 0 heterocycles. The highest BCUT2D eigenvalue weighted by Gasteiger charge is 2.34. The number of ether oxygens (including phenoxy) is 2. The summed E-state index contributed by atoms with van der Waals surface area (Å²) in [5.74, 6) is 0.181. The van der Waals surface area contributed by atoms with Gasteiger partial charge >= 0.3 is 0 Å². The highest BCUT2D eigenvalue weighted by Crippen LogP contribution is 2.33. The number of amides is 2. The number of carbonyl (C=O) groups excluding carboxylic acids is 2. The molecule has 0 aliphatic heterocycles. The van der Waals surface area contributed by atoms with Crippen LogP contribution >= 0.6 is 0 Å². The fourth-order valence-electron chi connectivity index (χ4n) is 4.50.